The number of furan rings is 1. The van der Waals surface area contributed by atoms with Crippen LogP contribution >= 0.6 is 0 Å². The van der Waals surface area contributed by atoms with Gasteiger partial charge < -0.3 is 9.73 Å². The molecule has 0 saturated carbocycles. The van der Waals surface area contributed by atoms with Crippen molar-refractivity contribution in [3.63, 3.8) is 0 Å². The fourth-order valence-corrected chi connectivity index (χ4v) is 4.26. The Morgan fingerprint density at radius 1 is 0.889 bits per heavy atom. The fraction of sp³-hybridized carbons (Fsp3) is 0.138. The molecule has 1 N–H and O–H groups in total. The summed E-state index contributed by atoms with van der Waals surface area (Å²) in [5, 5.41) is 3.16. The zero-order valence-corrected chi connectivity index (χ0v) is 20.0. The van der Waals surface area contributed by atoms with Crippen molar-refractivity contribution in [1.29, 1.82) is 0 Å². The van der Waals surface area contributed by atoms with E-state index in [9.17, 15) is 14.4 Å². The van der Waals surface area contributed by atoms with Crippen LogP contribution in [0.1, 0.15) is 32.8 Å². The van der Waals surface area contributed by atoms with E-state index in [0.717, 1.165) is 16.7 Å². The second-order valence-corrected chi connectivity index (χ2v) is 8.83. The topological polar surface area (TPSA) is 86.2 Å². The number of nitrogens with one attached hydrogen (secondary N) is 1. The van der Waals surface area contributed by atoms with Crippen LogP contribution in [0.25, 0.3) is 16.6 Å². The minimum absolute atomic E-state index is 0.231. The van der Waals surface area contributed by atoms with Gasteiger partial charge in [0.05, 0.1) is 35.9 Å². The van der Waals surface area contributed by atoms with Crippen LogP contribution in [-0.4, -0.2) is 15.0 Å². The number of aryl methyl sites for hydroxylation is 2. The molecule has 0 aliphatic carbocycles. The number of hydrogen-bond donors (Lipinski definition) is 1. The molecular formula is C29H25N3O4. The predicted octanol–water partition coefficient (Wildman–Crippen LogP) is 4.34. The summed E-state index contributed by atoms with van der Waals surface area (Å²) < 4.78 is 8.01. The molecule has 180 valence electrons. The first-order valence-electron chi connectivity index (χ1n) is 11.6. The number of carbonyl (C=O) groups is 1. The van der Waals surface area contributed by atoms with Crippen LogP contribution in [0.5, 0.6) is 0 Å². The quantitative estimate of drug-likeness (QED) is 0.393. The normalized spacial score (nSPS) is 11.1. The first-order chi connectivity index (χ1) is 17.4. The molecule has 2 heterocycles. The third kappa shape index (κ3) is 4.51. The molecule has 7 heteroatoms. The van der Waals surface area contributed by atoms with Gasteiger partial charge >= 0.3 is 5.69 Å². The molecule has 1 amide bonds. The monoisotopic (exact) mass is 479 g/mol. The third-order valence-electron chi connectivity index (χ3n) is 6.13. The van der Waals surface area contributed by atoms with Crippen molar-refractivity contribution >= 4 is 16.8 Å². The highest BCUT2D eigenvalue weighted by molar-refractivity contribution is 5.97. The van der Waals surface area contributed by atoms with Crippen molar-refractivity contribution in [2.75, 3.05) is 0 Å². The Balaban J connectivity index is 1.66. The summed E-state index contributed by atoms with van der Waals surface area (Å²) in [6.07, 6.45) is 1.54. The minimum Gasteiger partial charge on any atom is -0.467 e. The van der Waals surface area contributed by atoms with Gasteiger partial charge in [0.25, 0.3) is 11.5 Å². The van der Waals surface area contributed by atoms with Gasteiger partial charge in [0.15, 0.2) is 0 Å². The van der Waals surface area contributed by atoms with Crippen molar-refractivity contribution in [2.24, 2.45) is 0 Å². The van der Waals surface area contributed by atoms with E-state index in [4.69, 9.17) is 4.42 Å². The van der Waals surface area contributed by atoms with E-state index in [2.05, 4.69) is 5.32 Å². The smallest absolute Gasteiger partial charge is 0.336 e. The van der Waals surface area contributed by atoms with Gasteiger partial charge in [-0.1, -0.05) is 47.5 Å². The maximum atomic E-state index is 13.8. The van der Waals surface area contributed by atoms with Gasteiger partial charge in [-0.25, -0.2) is 9.36 Å². The maximum absolute atomic E-state index is 13.8. The lowest BCUT2D eigenvalue weighted by Crippen LogP contribution is -2.39. The van der Waals surface area contributed by atoms with Crippen LogP contribution in [0, 0.1) is 13.8 Å². The molecule has 7 nitrogen and oxygen atoms in total. The highest BCUT2D eigenvalue weighted by atomic mass is 16.3. The van der Waals surface area contributed by atoms with E-state index in [1.165, 1.54) is 4.57 Å². The van der Waals surface area contributed by atoms with Crippen molar-refractivity contribution in [3.8, 4) is 5.69 Å². The summed E-state index contributed by atoms with van der Waals surface area (Å²) in [5.74, 6) is 0.298. The average molecular weight is 480 g/mol. The zero-order chi connectivity index (χ0) is 25.2. The summed E-state index contributed by atoms with van der Waals surface area (Å²) in [7, 11) is 0. The van der Waals surface area contributed by atoms with E-state index >= 15 is 0 Å². The fourth-order valence-electron chi connectivity index (χ4n) is 4.26. The van der Waals surface area contributed by atoms with Crippen molar-refractivity contribution in [1.82, 2.24) is 14.5 Å². The molecule has 0 unspecified atom stereocenters. The van der Waals surface area contributed by atoms with Gasteiger partial charge in [-0.15, -0.1) is 0 Å². The molecule has 36 heavy (non-hydrogen) atoms. The number of aromatic nitrogens is 2. The summed E-state index contributed by atoms with van der Waals surface area (Å²) in [6.45, 7) is 4.41. The largest absolute Gasteiger partial charge is 0.467 e. The molecule has 0 aliphatic heterocycles. The Morgan fingerprint density at radius 3 is 2.42 bits per heavy atom. The van der Waals surface area contributed by atoms with Gasteiger partial charge in [-0.05, 0) is 61.9 Å². The Labute approximate surface area is 207 Å². The van der Waals surface area contributed by atoms with Crippen LogP contribution in [0.15, 0.2) is 99.1 Å². The van der Waals surface area contributed by atoms with E-state index in [-0.39, 0.29) is 19.0 Å². The molecule has 0 atom stereocenters. The van der Waals surface area contributed by atoms with Gasteiger partial charge in [0.1, 0.15) is 5.76 Å². The number of carbonyl (C=O) groups excluding carboxylic acids is 1. The van der Waals surface area contributed by atoms with Gasteiger partial charge in [0.2, 0.25) is 0 Å². The number of rotatable bonds is 6. The van der Waals surface area contributed by atoms with E-state index in [0.29, 0.717) is 27.9 Å². The number of nitrogens with zero attached hydrogens (tertiary/aromatic N) is 2. The average Bonchev–Trinajstić information content (AvgIpc) is 3.40. The van der Waals surface area contributed by atoms with Crippen LogP contribution in [-0.2, 0) is 13.1 Å². The molecule has 5 rings (SSSR count). The first-order valence-corrected chi connectivity index (χ1v) is 11.6. The van der Waals surface area contributed by atoms with Crippen molar-refractivity contribution in [2.45, 2.75) is 26.9 Å². The number of amides is 1. The molecular weight excluding hydrogens is 454 g/mol. The molecule has 2 aromatic heterocycles. The van der Waals surface area contributed by atoms with Crippen LogP contribution in [0.4, 0.5) is 0 Å². The molecule has 0 spiro atoms. The highest BCUT2D eigenvalue weighted by Gasteiger charge is 2.17. The standard InChI is InChI=1S/C29H25N3O4/c1-19-8-11-23(12-9-19)32-28(34)25-13-10-22(27(33)30-17-24-7-4-14-36-24)16-26(25)31(29(32)35)18-21-6-3-5-20(2)15-21/h3-16H,17-18H2,1-2H3,(H,30,33). The first kappa shape index (κ1) is 23.1. The molecule has 0 saturated heterocycles. The minimum atomic E-state index is -0.467. The van der Waals surface area contributed by atoms with Crippen molar-refractivity contribution < 1.29 is 9.21 Å². The molecule has 0 bridgehead atoms. The molecule has 0 radical (unpaired) electrons. The summed E-state index contributed by atoms with van der Waals surface area (Å²) >= 11 is 0. The van der Waals surface area contributed by atoms with E-state index < -0.39 is 11.2 Å². The Bertz CT molecular complexity index is 1680. The summed E-state index contributed by atoms with van der Waals surface area (Å²) in [5.41, 5.74) is 3.36. The second kappa shape index (κ2) is 9.54. The molecule has 5 aromatic rings. The molecule has 0 fully saturated rings. The number of fused-ring (bicyclic) bond motifs is 1. The zero-order valence-electron chi connectivity index (χ0n) is 20.0. The Morgan fingerprint density at radius 2 is 1.69 bits per heavy atom. The lowest BCUT2D eigenvalue weighted by molar-refractivity contribution is 0.0948. The third-order valence-corrected chi connectivity index (χ3v) is 6.13. The lowest BCUT2D eigenvalue weighted by Gasteiger charge is -2.16. The second-order valence-electron chi connectivity index (χ2n) is 8.83. The number of hydrogen-bond acceptors (Lipinski definition) is 4. The van der Waals surface area contributed by atoms with Crippen molar-refractivity contribution in [3.05, 3.63) is 134 Å². The van der Waals surface area contributed by atoms with Gasteiger partial charge in [0, 0.05) is 5.56 Å². The summed E-state index contributed by atoms with van der Waals surface area (Å²) in [4.78, 5) is 40.1. The van der Waals surface area contributed by atoms with Gasteiger partial charge in [-0.3, -0.25) is 14.2 Å². The van der Waals surface area contributed by atoms with Crippen LogP contribution in [0.3, 0.4) is 0 Å². The Hall–Kier alpha value is -4.65. The van der Waals surface area contributed by atoms with Gasteiger partial charge in [-0.2, -0.15) is 0 Å². The molecule has 3 aromatic carbocycles. The van der Waals surface area contributed by atoms with Crippen LogP contribution in [0.2, 0.25) is 0 Å². The maximum Gasteiger partial charge on any atom is 0.336 e. The highest BCUT2D eigenvalue weighted by Crippen LogP contribution is 2.16. The number of benzene rings is 3. The molecule has 0 aliphatic rings. The SMILES string of the molecule is Cc1ccc(-n2c(=O)c3ccc(C(=O)NCc4ccco4)cc3n(Cc3cccc(C)c3)c2=O)cc1. The summed E-state index contributed by atoms with van der Waals surface area (Å²) in [6, 6.07) is 23.4. The lowest BCUT2D eigenvalue weighted by atomic mass is 10.1. The van der Waals surface area contributed by atoms with E-state index in [1.807, 2.05) is 50.2 Å². The van der Waals surface area contributed by atoms with Crippen LogP contribution < -0.4 is 16.6 Å². The predicted molar refractivity (Wildman–Crippen MR) is 139 cm³/mol. The van der Waals surface area contributed by atoms with E-state index in [1.54, 1.807) is 53.3 Å². The Kier molecular flexibility index (Phi) is 6.12.